The summed E-state index contributed by atoms with van der Waals surface area (Å²) in [6.07, 6.45) is 10.7. The molecule has 1 aromatic heterocycles. The summed E-state index contributed by atoms with van der Waals surface area (Å²) in [6.45, 7) is 2.23. The van der Waals surface area contributed by atoms with Gasteiger partial charge in [-0.25, -0.2) is 4.98 Å². The van der Waals surface area contributed by atoms with E-state index in [1.807, 2.05) is 48.7 Å². The number of aryl methyl sites for hydroxylation is 1. The number of nitrogens with zero attached hydrogens (tertiary/aromatic N) is 1. The topological polar surface area (TPSA) is 123 Å². The van der Waals surface area contributed by atoms with Gasteiger partial charge in [-0.15, -0.1) is 0 Å². The number of pyridine rings is 1. The summed E-state index contributed by atoms with van der Waals surface area (Å²) in [7, 11) is 1.52. The molecule has 4 N–H and O–H groups in total. The molecule has 50 heavy (non-hydrogen) atoms. The lowest BCUT2D eigenvalue weighted by Crippen LogP contribution is -2.35. The predicted molar refractivity (Wildman–Crippen MR) is 196 cm³/mol. The third kappa shape index (κ3) is 7.47. The highest BCUT2D eigenvalue weighted by atomic mass is 16.5. The Hall–Kier alpha value is -4.15. The maximum absolute atomic E-state index is 14.4. The molecule has 1 heterocycles. The van der Waals surface area contributed by atoms with Crippen LogP contribution in [0.2, 0.25) is 0 Å². The number of nitrogen functional groups attached to an aromatic ring is 1. The fourth-order valence-electron chi connectivity index (χ4n) is 9.55. The Morgan fingerprint density at radius 2 is 1.80 bits per heavy atom. The van der Waals surface area contributed by atoms with Crippen molar-refractivity contribution < 1.29 is 24.5 Å². The Balaban J connectivity index is 1.53. The first-order valence-electron chi connectivity index (χ1n) is 18.6. The van der Waals surface area contributed by atoms with Crippen LogP contribution in [0.3, 0.4) is 0 Å². The summed E-state index contributed by atoms with van der Waals surface area (Å²) in [5, 5.41) is 21.7. The highest BCUT2D eigenvalue weighted by molar-refractivity contribution is 6.00. The predicted octanol–water partition coefficient (Wildman–Crippen LogP) is 7.56. The third-order valence-electron chi connectivity index (χ3n) is 12.1. The molecule has 3 aliphatic carbocycles. The number of nitrogens with two attached hydrogens (primary N) is 1. The molecule has 0 radical (unpaired) electrons. The molecular formula is C43H52N2O5. The molecule has 0 amide bonds. The first-order valence-corrected chi connectivity index (χ1v) is 18.6. The fourth-order valence-corrected chi connectivity index (χ4v) is 9.55. The van der Waals surface area contributed by atoms with Crippen LogP contribution in [0, 0.1) is 41.4 Å². The van der Waals surface area contributed by atoms with Crippen LogP contribution in [0.4, 0.5) is 5.82 Å². The molecule has 6 atom stereocenters. The van der Waals surface area contributed by atoms with Gasteiger partial charge in [0.05, 0.1) is 19.4 Å². The van der Waals surface area contributed by atoms with Crippen molar-refractivity contribution in [3.63, 3.8) is 0 Å². The van der Waals surface area contributed by atoms with Crippen LogP contribution in [0.15, 0.2) is 60.8 Å². The number of anilines is 1. The summed E-state index contributed by atoms with van der Waals surface area (Å²) >= 11 is 0. The summed E-state index contributed by atoms with van der Waals surface area (Å²) in [4.78, 5) is 32.3. The molecule has 264 valence electrons. The molecule has 7 nitrogen and oxygen atoms in total. The number of benzene rings is 2. The van der Waals surface area contributed by atoms with Gasteiger partial charge in [0.15, 0.2) is 11.5 Å². The van der Waals surface area contributed by atoms with Crippen LogP contribution in [0.5, 0.6) is 11.5 Å². The zero-order valence-electron chi connectivity index (χ0n) is 29.6. The molecule has 2 aromatic carbocycles. The van der Waals surface area contributed by atoms with Crippen molar-refractivity contribution in [3.8, 4) is 23.3 Å². The molecule has 6 rings (SSSR count). The number of carbonyl (C=O) groups is 2. The number of methoxy groups -OCH3 is 1. The first-order chi connectivity index (χ1) is 24.3. The number of phenols is 1. The van der Waals surface area contributed by atoms with Crippen LogP contribution in [-0.4, -0.2) is 40.5 Å². The minimum absolute atomic E-state index is 0.0258. The second-order valence-corrected chi connectivity index (χ2v) is 15.0. The third-order valence-corrected chi connectivity index (χ3v) is 12.1. The fraction of sp³-hybridized carbons (Fsp3) is 0.512. The Bertz CT molecular complexity index is 1720. The lowest BCUT2D eigenvalue weighted by molar-refractivity contribution is -0.130. The molecule has 3 aliphatic rings. The molecule has 7 heteroatoms. The highest BCUT2D eigenvalue weighted by Crippen LogP contribution is 2.54. The molecular weight excluding hydrogens is 624 g/mol. The average molecular weight is 677 g/mol. The van der Waals surface area contributed by atoms with E-state index in [9.17, 15) is 19.8 Å². The lowest BCUT2D eigenvalue weighted by Gasteiger charge is -2.41. The summed E-state index contributed by atoms with van der Waals surface area (Å²) < 4.78 is 5.47. The van der Waals surface area contributed by atoms with Crippen molar-refractivity contribution in [3.05, 3.63) is 83.0 Å². The van der Waals surface area contributed by atoms with Gasteiger partial charge < -0.3 is 20.7 Å². The number of ether oxygens (including phenoxy) is 1. The molecule has 0 bridgehead atoms. The Morgan fingerprint density at radius 1 is 1.02 bits per heavy atom. The van der Waals surface area contributed by atoms with Gasteiger partial charge in [0.2, 0.25) is 0 Å². The quantitative estimate of drug-likeness (QED) is 0.166. The van der Waals surface area contributed by atoms with E-state index < -0.39 is 5.92 Å². The van der Waals surface area contributed by atoms with E-state index in [1.54, 1.807) is 6.07 Å². The number of aliphatic hydroxyl groups is 1. The van der Waals surface area contributed by atoms with E-state index in [0.29, 0.717) is 24.4 Å². The number of carbonyl (C=O) groups excluding carboxylic acids is 2. The van der Waals surface area contributed by atoms with E-state index in [4.69, 9.17) is 10.5 Å². The van der Waals surface area contributed by atoms with Crippen molar-refractivity contribution in [2.24, 2.45) is 29.6 Å². The van der Waals surface area contributed by atoms with Gasteiger partial charge in [-0.05, 0) is 115 Å². The van der Waals surface area contributed by atoms with Crippen molar-refractivity contribution in [2.45, 2.75) is 95.3 Å². The Morgan fingerprint density at radius 3 is 2.50 bits per heavy atom. The minimum atomic E-state index is -0.409. The maximum atomic E-state index is 14.4. The molecule has 0 spiro atoms. The largest absolute Gasteiger partial charge is 0.504 e. The van der Waals surface area contributed by atoms with Crippen LogP contribution in [0.1, 0.15) is 106 Å². The van der Waals surface area contributed by atoms with Crippen LogP contribution >= 0.6 is 0 Å². The normalized spacial score (nSPS) is 25.9. The lowest BCUT2D eigenvalue weighted by atomic mass is 9.63. The SMILES string of the molecule is CCC[C@H](CO)[C@H]1C[C@H](C2(c3ccnc(N)c3)CCCC2)C[C@@H]2C#C[C@H](c3ccccc3)c3cc(O)c(OC)cc3CCC(=O)CC(=O)[C@H]2C1. The van der Waals surface area contributed by atoms with Gasteiger partial charge in [-0.2, -0.15) is 0 Å². The number of Topliss-reactive ketones (excluding diaryl/α,β-unsaturated/α-hetero) is 2. The standard InChI is InChI=1S/C43H52N2O5/c1-3-9-31(27-46)32-21-34(43(17-7-8-18-43)33-16-19-45-42(44)24-33)20-29-13-15-36(28-10-5-4-6-11-28)37-26-40(49)41(50-2)23-30(37)12-14-35(47)25-39(48)38(29)22-32/h4-6,10-11,16,19,23-24,26,29,31-32,34,36,38,46,49H,3,7-9,12,14,17-18,20-22,25,27H2,1-2H3,(H2,44,45)/t29-,31+,32-,34+,36+,38-/m0/s1. The number of hydrogen-bond acceptors (Lipinski definition) is 7. The molecule has 0 aliphatic heterocycles. The number of fused-ring (bicyclic) bond motifs is 2. The van der Waals surface area contributed by atoms with Crippen molar-refractivity contribution in [2.75, 3.05) is 19.5 Å². The van der Waals surface area contributed by atoms with E-state index in [2.05, 4.69) is 29.8 Å². The molecule has 0 saturated heterocycles. The van der Waals surface area contributed by atoms with Crippen LogP contribution in [-0.2, 0) is 21.4 Å². The van der Waals surface area contributed by atoms with Crippen molar-refractivity contribution in [1.82, 2.24) is 4.98 Å². The monoisotopic (exact) mass is 676 g/mol. The van der Waals surface area contributed by atoms with Gasteiger partial charge >= 0.3 is 0 Å². The van der Waals surface area contributed by atoms with Crippen LogP contribution in [0.25, 0.3) is 0 Å². The van der Waals surface area contributed by atoms with Gasteiger partial charge in [0.25, 0.3) is 0 Å². The summed E-state index contributed by atoms with van der Waals surface area (Å²) in [5.41, 5.74) is 10.1. The van der Waals surface area contributed by atoms with Crippen LogP contribution < -0.4 is 10.5 Å². The minimum Gasteiger partial charge on any atom is -0.504 e. The molecule has 2 saturated carbocycles. The summed E-state index contributed by atoms with van der Waals surface area (Å²) in [6, 6.07) is 17.8. The number of phenolic OH excluding ortho intramolecular Hbond substituents is 1. The first kappa shape index (κ1) is 35.7. The number of aromatic hydroxyl groups is 1. The van der Waals surface area contributed by atoms with Crippen molar-refractivity contribution in [1.29, 1.82) is 0 Å². The number of aliphatic hydroxyl groups excluding tert-OH is 1. The second-order valence-electron chi connectivity index (χ2n) is 15.0. The Kier molecular flexibility index (Phi) is 11.3. The van der Waals surface area contributed by atoms with E-state index >= 15 is 0 Å². The van der Waals surface area contributed by atoms with Gasteiger partial charge in [-0.1, -0.05) is 68.4 Å². The molecule has 0 unspecified atom stereocenters. The van der Waals surface area contributed by atoms with Gasteiger partial charge in [0.1, 0.15) is 17.4 Å². The molecule has 2 fully saturated rings. The van der Waals surface area contributed by atoms with E-state index in [0.717, 1.165) is 68.1 Å². The highest BCUT2D eigenvalue weighted by Gasteiger charge is 2.48. The Labute approximate surface area is 297 Å². The summed E-state index contributed by atoms with van der Waals surface area (Å²) in [5.74, 6) is 7.51. The second kappa shape index (κ2) is 15.8. The van der Waals surface area contributed by atoms with Crippen molar-refractivity contribution >= 4 is 17.4 Å². The van der Waals surface area contributed by atoms with E-state index in [1.165, 1.54) is 12.7 Å². The van der Waals surface area contributed by atoms with Gasteiger partial charge in [0, 0.05) is 31.1 Å². The number of ketones is 2. The van der Waals surface area contributed by atoms with Gasteiger partial charge in [-0.3, -0.25) is 9.59 Å². The zero-order chi connectivity index (χ0) is 35.3. The number of hydrogen-bond donors (Lipinski definition) is 3. The average Bonchev–Trinajstić information content (AvgIpc) is 3.54. The van der Waals surface area contributed by atoms with E-state index in [-0.39, 0.29) is 71.8 Å². The number of aromatic nitrogens is 1. The molecule has 3 aromatic rings. The smallest absolute Gasteiger partial charge is 0.160 e. The number of rotatable bonds is 8. The maximum Gasteiger partial charge on any atom is 0.160 e. The zero-order valence-corrected chi connectivity index (χ0v) is 29.6.